The molecule has 0 saturated carbocycles. The van der Waals surface area contributed by atoms with Gasteiger partial charge in [0, 0.05) is 47.8 Å². The van der Waals surface area contributed by atoms with Crippen LogP contribution in [0.15, 0.2) is 52.6 Å². The largest absolute Gasteiger partial charge is 0.350 e. The average Bonchev–Trinajstić information content (AvgIpc) is 3.05. The van der Waals surface area contributed by atoms with Gasteiger partial charge in [-0.3, -0.25) is 4.79 Å². The predicted molar refractivity (Wildman–Crippen MR) is 106 cm³/mol. The van der Waals surface area contributed by atoms with Gasteiger partial charge in [0.25, 0.3) is 5.91 Å². The van der Waals surface area contributed by atoms with Gasteiger partial charge in [-0.25, -0.2) is 4.98 Å². The summed E-state index contributed by atoms with van der Waals surface area (Å²) in [5, 5.41) is 2.59. The lowest BCUT2D eigenvalue weighted by Crippen LogP contribution is -2.35. The Morgan fingerprint density at radius 2 is 2.00 bits per heavy atom. The van der Waals surface area contributed by atoms with Crippen molar-refractivity contribution in [2.24, 2.45) is 7.05 Å². The second-order valence-corrected chi connectivity index (χ2v) is 8.08. The summed E-state index contributed by atoms with van der Waals surface area (Å²) >= 11 is 7.66. The number of hydrogen-bond acceptors (Lipinski definition) is 3. The van der Waals surface area contributed by atoms with Crippen molar-refractivity contribution in [1.82, 2.24) is 14.5 Å². The van der Waals surface area contributed by atoms with Gasteiger partial charge in [-0.2, -0.15) is 0 Å². The van der Waals surface area contributed by atoms with Gasteiger partial charge >= 0.3 is 0 Å². The van der Waals surface area contributed by atoms with E-state index < -0.39 is 0 Å². The Morgan fingerprint density at radius 3 is 2.77 bits per heavy atom. The zero-order chi connectivity index (χ0) is 18.1. The number of likely N-dealkylation sites (tertiary alicyclic amines) is 1. The molecule has 26 heavy (non-hydrogen) atoms. The van der Waals surface area contributed by atoms with Crippen molar-refractivity contribution in [2.75, 3.05) is 13.1 Å². The fraction of sp³-hybridized carbons (Fsp3) is 0.300. The molecule has 0 bridgehead atoms. The summed E-state index contributed by atoms with van der Waals surface area (Å²) < 4.78 is 2.01. The number of piperidine rings is 1. The molecule has 1 saturated heterocycles. The molecule has 2 aromatic heterocycles. The molecule has 0 aliphatic carbocycles. The Kier molecular flexibility index (Phi) is 4.92. The molecule has 0 N–H and O–H groups in total. The van der Waals surface area contributed by atoms with Crippen molar-refractivity contribution in [3.63, 3.8) is 0 Å². The number of carbonyl (C=O) groups is 1. The van der Waals surface area contributed by atoms with Crippen LogP contribution in [0, 0.1) is 0 Å². The standard InChI is InChI=1S/C20H20ClN3OS/c1-23-11-8-16-18(23)17(20(25)24-9-3-2-4-10-24)13-22-19(16)26-15-7-5-6-14(21)12-15/h5-8,11-13H,2-4,9-10H2,1H3. The van der Waals surface area contributed by atoms with E-state index in [1.807, 2.05) is 53.0 Å². The molecular weight excluding hydrogens is 366 g/mol. The topological polar surface area (TPSA) is 38.1 Å². The first kappa shape index (κ1) is 17.4. The molecule has 4 rings (SSSR count). The minimum absolute atomic E-state index is 0.0864. The van der Waals surface area contributed by atoms with Crippen LogP contribution in [0.5, 0.6) is 0 Å². The minimum atomic E-state index is 0.0864. The molecule has 3 aromatic rings. The van der Waals surface area contributed by atoms with Gasteiger partial charge in [-0.15, -0.1) is 0 Å². The number of rotatable bonds is 3. The molecule has 0 unspecified atom stereocenters. The molecule has 1 amide bonds. The number of halogens is 1. The molecule has 0 radical (unpaired) electrons. The number of fused-ring (bicyclic) bond motifs is 1. The molecule has 4 nitrogen and oxygen atoms in total. The summed E-state index contributed by atoms with van der Waals surface area (Å²) in [7, 11) is 1.98. The van der Waals surface area contributed by atoms with Gasteiger partial charge < -0.3 is 9.47 Å². The number of amides is 1. The van der Waals surface area contributed by atoms with Crippen LogP contribution in [0.4, 0.5) is 0 Å². The van der Waals surface area contributed by atoms with E-state index in [0.717, 1.165) is 46.8 Å². The quantitative estimate of drug-likeness (QED) is 0.636. The SMILES string of the molecule is Cn1ccc2c(Sc3cccc(Cl)c3)ncc(C(=O)N3CCCCC3)c21. The van der Waals surface area contributed by atoms with E-state index in [1.54, 1.807) is 18.0 Å². The lowest BCUT2D eigenvalue weighted by molar-refractivity contribution is 0.0725. The number of hydrogen-bond donors (Lipinski definition) is 0. The Morgan fingerprint density at radius 1 is 1.19 bits per heavy atom. The highest BCUT2D eigenvalue weighted by atomic mass is 35.5. The first-order valence-corrected chi connectivity index (χ1v) is 9.99. The highest BCUT2D eigenvalue weighted by molar-refractivity contribution is 7.99. The van der Waals surface area contributed by atoms with Crippen LogP contribution in [-0.4, -0.2) is 33.4 Å². The monoisotopic (exact) mass is 385 g/mol. The number of pyridine rings is 1. The van der Waals surface area contributed by atoms with E-state index in [2.05, 4.69) is 4.98 Å². The first-order chi connectivity index (χ1) is 12.6. The maximum atomic E-state index is 13.0. The third kappa shape index (κ3) is 3.33. The van der Waals surface area contributed by atoms with E-state index in [0.29, 0.717) is 10.6 Å². The van der Waals surface area contributed by atoms with Gasteiger partial charge in [0.1, 0.15) is 5.03 Å². The molecule has 1 aromatic carbocycles. The van der Waals surface area contributed by atoms with Crippen LogP contribution in [0.3, 0.4) is 0 Å². The first-order valence-electron chi connectivity index (χ1n) is 8.80. The highest BCUT2D eigenvalue weighted by Gasteiger charge is 2.23. The van der Waals surface area contributed by atoms with Gasteiger partial charge in [-0.1, -0.05) is 29.4 Å². The van der Waals surface area contributed by atoms with Gasteiger partial charge in [0.2, 0.25) is 0 Å². The molecule has 1 fully saturated rings. The molecule has 1 aliphatic heterocycles. The van der Waals surface area contributed by atoms with E-state index in [9.17, 15) is 4.79 Å². The van der Waals surface area contributed by atoms with Crippen molar-refractivity contribution in [3.8, 4) is 0 Å². The highest BCUT2D eigenvalue weighted by Crippen LogP contribution is 2.34. The van der Waals surface area contributed by atoms with E-state index >= 15 is 0 Å². The van der Waals surface area contributed by atoms with Crippen LogP contribution < -0.4 is 0 Å². The van der Waals surface area contributed by atoms with E-state index in [1.165, 1.54) is 6.42 Å². The van der Waals surface area contributed by atoms with Gasteiger partial charge in [0.05, 0.1) is 11.1 Å². The van der Waals surface area contributed by atoms with Crippen LogP contribution in [-0.2, 0) is 7.05 Å². The zero-order valence-corrected chi connectivity index (χ0v) is 16.2. The maximum absolute atomic E-state index is 13.0. The van der Waals surface area contributed by atoms with Crippen molar-refractivity contribution in [1.29, 1.82) is 0 Å². The normalized spacial score (nSPS) is 14.8. The molecule has 1 aliphatic rings. The molecular formula is C20H20ClN3OS. The number of aryl methyl sites for hydroxylation is 1. The Balaban J connectivity index is 1.73. The summed E-state index contributed by atoms with van der Waals surface area (Å²) in [4.78, 5) is 20.6. The van der Waals surface area contributed by atoms with E-state index in [4.69, 9.17) is 11.6 Å². The van der Waals surface area contributed by atoms with Crippen LogP contribution in [0.25, 0.3) is 10.9 Å². The summed E-state index contributed by atoms with van der Waals surface area (Å²) in [5.74, 6) is 0.0864. The van der Waals surface area contributed by atoms with E-state index in [-0.39, 0.29) is 5.91 Å². The zero-order valence-electron chi connectivity index (χ0n) is 14.6. The lowest BCUT2D eigenvalue weighted by Gasteiger charge is -2.27. The molecule has 0 atom stereocenters. The Bertz CT molecular complexity index is 963. The number of carbonyl (C=O) groups excluding carboxylic acids is 1. The fourth-order valence-electron chi connectivity index (χ4n) is 3.44. The molecule has 134 valence electrons. The second kappa shape index (κ2) is 7.33. The molecule has 3 heterocycles. The second-order valence-electron chi connectivity index (χ2n) is 6.58. The maximum Gasteiger partial charge on any atom is 0.257 e. The van der Waals surface area contributed by atoms with Crippen LogP contribution in [0.2, 0.25) is 5.02 Å². The van der Waals surface area contributed by atoms with Crippen molar-refractivity contribution in [2.45, 2.75) is 29.2 Å². The van der Waals surface area contributed by atoms with Crippen molar-refractivity contribution in [3.05, 3.63) is 53.3 Å². The van der Waals surface area contributed by atoms with Crippen LogP contribution in [0.1, 0.15) is 29.6 Å². The summed E-state index contributed by atoms with van der Waals surface area (Å²) in [6.45, 7) is 1.67. The smallest absolute Gasteiger partial charge is 0.257 e. The summed E-state index contributed by atoms with van der Waals surface area (Å²) in [6, 6.07) is 9.76. The summed E-state index contributed by atoms with van der Waals surface area (Å²) in [5.41, 5.74) is 1.63. The summed E-state index contributed by atoms with van der Waals surface area (Å²) in [6.07, 6.45) is 7.08. The minimum Gasteiger partial charge on any atom is -0.350 e. The fourth-order valence-corrected chi connectivity index (χ4v) is 4.63. The number of benzene rings is 1. The Labute approximate surface area is 162 Å². The van der Waals surface area contributed by atoms with Crippen molar-refractivity contribution >= 4 is 40.2 Å². The molecule has 6 heteroatoms. The van der Waals surface area contributed by atoms with Gasteiger partial charge in [0.15, 0.2) is 0 Å². The van der Waals surface area contributed by atoms with Crippen LogP contribution >= 0.6 is 23.4 Å². The molecule has 0 spiro atoms. The predicted octanol–water partition coefficient (Wildman–Crippen LogP) is 5.00. The lowest BCUT2D eigenvalue weighted by atomic mass is 10.1. The third-order valence-corrected chi connectivity index (χ3v) is 6.00. The van der Waals surface area contributed by atoms with Gasteiger partial charge in [-0.05, 0) is 43.5 Å². The number of aromatic nitrogens is 2. The Hall–Kier alpha value is -1.98. The average molecular weight is 386 g/mol. The number of nitrogens with zero attached hydrogens (tertiary/aromatic N) is 3. The van der Waals surface area contributed by atoms with Crippen molar-refractivity contribution < 1.29 is 4.79 Å². The third-order valence-electron chi connectivity index (χ3n) is 4.75.